The zero-order chi connectivity index (χ0) is 32.4. The van der Waals surface area contributed by atoms with Gasteiger partial charge in [0.25, 0.3) is 10.0 Å². The van der Waals surface area contributed by atoms with Crippen molar-refractivity contribution >= 4 is 43.5 Å². The van der Waals surface area contributed by atoms with E-state index in [2.05, 4.69) is 21.2 Å². The maximum atomic E-state index is 14.5. The second-order valence-electron chi connectivity index (χ2n) is 10.7. The summed E-state index contributed by atoms with van der Waals surface area (Å²) in [5.41, 5.74) is 2.96. The number of amides is 2. The van der Waals surface area contributed by atoms with Crippen molar-refractivity contribution < 1.29 is 22.7 Å². The first kappa shape index (κ1) is 33.7. The van der Waals surface area contributed by atoms with Crippen LogP contribution in [0.1, 0.15) is 30.0 Å². The molecule has 0 heterocycles. The summed E-state index contributed by atoms with van der Waals surface area (Å²) in [6.07, 6.45) is 0.986. The molecule has 1 unspecified atom stereocenters. The van der Waals surface area contributed by atoms with Gasteiger partial charge in [0, 0.05) is 24.0 Å². The molecule has 0 aliphatic rings. The Kier molecular flexibility index (Phi) is 11.8. The molecule has 1 atom stereocenters. The van der Waals surface area contributed by atoms with Gasteiger partial charge in [-0.3, -0.25) is 13.9 Å². The van der Waals surface area contributed by atoms with Crippen molar-refractivity contribution in [3.8, 4) is 5.75 Å². The van der Waals surface area contributed by atoms with Crippen molar-refractivity contribution in [2.24, 2.45) is 0 Å². The van der Waals surface area contributed by atoms with E-state index in [0.29, 0.717) is 18.0 Å². The molecule has 0 spiro atoms. The Morgan fingerprint density at radius 2 is 1.51 bits per heavy atom. The molecule has 1 N–H and O–H groups in total. The first-order valence-corrected chi connectivity index (χ1v) is 16.9. The highest BCUT2D eigenvalue weighted by Gasteiger charge is 2.34. The number of nitrogens with zero attached hydrogens (tertiary/aromatic N) is 2. The number of hydrogen-bond acceptors (Lipinski definition) is 5. The van der Waals surface area contributed by atoms with Crippen molar-refractivity contribution in [3.05, 3.63) is 124 Å². The van der Waals surface area contributed by atoms with E-state index in [1.54, 1.807) is 36.4 Å². The Bertz CT molecular complexity index is 1660. The van der Waals surface area contributed by atoms with Gasteiger partial charge >= 0.3 is 0 Å². The Morgan fingerprint density at radius 1 is 0.867 bits per heavy atom. The van der Waals surface area contributed by atoms with E-state index in [9.17, 15) is 18.0 Å². The lowest BCUT2D eigenvalue weighted by Gasteiger charge is -2.34. The van der Waals surface area contributed by atoms with Crippen LogP contribution in [0, 0.1) is 6.92 Å². The fraction of sp³-hybridized carbons (Fsp3) is 0.257. The van der Waals surface area contributed by atoms with Crippen molar-refractivity contribution in [1.82, 2.24) is 10.2 Å². The van der Waals surface area contributed by atoms with Crippen LogP contribution in [0.15, 0.2) is 112 Å². The van der Waals surface area contributed by atoms with Gasteiger partial charge in [0.2, 0.25) is 11.8 Å². The molecule has 0 radical (unpaired) electrons. The zero-order valence-electron chi connectivity index (χ0n) is 25.6. The quantitative estimate of drug-likeness (QED) is 0.172. The van der Waals surface area contributed by atoms with Gasteiger partial charge < -0.3 is 15.0 Å². The molecular formula is C35H38BrN3O5S. The molecule has 2 amide bonds. The van der Waals surface area contributed by atoms with E-state index in [4.69, 9.17) is 4.74 Å². The van der Waals surface area contributed by atoms with Gasteiger partial charge in [0.15, 0.2) is 0 Å². The van der Waals surface area contributed by atoms with Crippen molar-refractivity contribution in [2.45, 2.75) is 44.2 Å². The molecule has 0 fully saturated rings. The number of halogens is 1. The molecule has 10 heteroatoms. The van der Waals surface area contributed by atoms with Gasteiger partial charge in [-0.15, -0.1) is 0 Å². The Labute approximate surface area is 274 Å². The average molecular weight is 693 g/mol. The fourth-order valence-electron chi connectivity index (χ4n) is 4.82. The van der Waals surface area contributed by atoms with E-state index in [1.807, 2.05) is 68.4 Å². The van der Waals surface area contributed by atoms with Gasteiger partial charge in [-0.1, -0.05) is 83.0 Å². The van der Waals surface area contributed by atoms with E-state index in [0.717, 1.165) is 31.9 Å². The smallest absolute Gasteiger partial charge is 0.264 e. The summed E-state index contributed by atoms with van der Waals surface area (Å²) in [5.74, 6) is -0.302. The van der Waals surface area contributed by atoms with Crippen LogP contribution in [0.5, 0.6) is 5.75 Å². The number of rotatable bonds is 14. The highest BCUT2D eigenvalue weighted by atomic mass is 79.9. The second-order valence-corrected chi connectivity index (χ2v) is 13.4. The normalized spacial score (nSPS) is 11.8. The number of hydrogen-bond donors (Lipinski definition) is 1. The predicted octanol–water partition coefficient (Wildman–Crippen LogP) is 6.13. The van der Waals surface area contributed by atoms with Crippen LogP contribution in [-0.2, 0) is 32.6 Å². The molecule has 0 saturated carbocycles. The molecule has 0 aromatic heterocycles. The summed E-state index contributed by atoms with van der Waals surface area (Å²) in [7, 11) is -2.69. The number of anilines is 1. The number of sulfonamides is 1. The maximum absolute atomic E-state index is 14.5. The van der Waals surface area contributed by atoms with E-state index >= 15 is 0 Å². The molecule has 0 saturated heterocycles. The minimum atomic E-state index is -4.19. The van der Waals surface area contributed by atoms with Gasteiger partial charge in [0.05, 0.1) is 17.7 Å². The summed E-state index contributed by atoms with van der Waals surface area (Å²) < 4.78 is 35.5. The highest BCUT2D eigenvalue weighted by Crippen LogP contribution is 2.27. The SMILES string of the molecule is CCCNC(=O)C(Cc1ccccc1)N(Cc1ccc(Br)cc1)C(=O)CN(c1ccc(C)cc1)S(=O)(=O)c1ccc(OC)cc1. The van der Waals surface area contributed by atoms with Crippen LogP contribution in [0.2, 0.25) is 0 Å². The molecular weight excluding hydrogens is 654 g/mol. The lowest BCUT2D eigenvalue weighted by Crippen LogP contribution is -2.53. The molecule has 4 aromatic carbocycles. The monoisotopic (exact) mass is 691 g/mol. The van der Waals surface area contributed by atoms with Gasteiger partial charge in [0.1, 0.15) is 18.3 Å². The lowest BCUT2D eigenvalue weighted by atomic mass is 10.0. The van der Waals surface area contributed by atoms with Crippen molar-refractivity contribution in [1.29, 1.82) is 0 Å². The van der Waals surface area contributed by atoms with E-state index in [-0.39, 0.29) is 23.8 Å². The standard InChI is InChI=1S/C35H38BrN3O5S/c1-4-22-37-35(41)33(23-27-8-6-5-7-9-27)38(24-28-12-14-29(36)15-13-28)34(40)25-39(30-16-10-26(2)11-17-30)45(42,43)32-20-18-31(44-3)19-21-32/h5-21,33H,4,22-25H2,1-3H3,(H,37,41). The lowest BCUT2D eigenvalue weighted by molar-refractivity contribution is -0.140. The van der Waals surface area contributed by atoms with Gasteiger partial charge in [-0.05, 0) is 73.0 Å². The first-order chi connectivity index (χ1) is 21.6. The number of methoxy groups -OCH3 is 1. The topological polar surface area (TPSA) is 96.0 Å². The van der Waals surface area contributed by atoms with Crippen molar-refractivity contribution in [3.63, 3.8) is 0 Å². The third-order valence-corrected chi connectivity index (χ3v) is 9.65. The maximum Gasteiger partial charge on any atom is 0.264 e. The first-order valence-electron chi connectivity index (χ1n) is 14.7. The van der Waals surface area contributed by atoms with Crippen LogP contribution in [-0.4, -0.2) is 51.4 Å². The number of ether oxygens (including phenoxy) is 1. The van der Waals surface area contributed by atoms with E-state index < -0.39 is 28.5 Å². The molecule has 4 rings (SSSR count). The van der Waals surface area contributed by atoms with Crippen LogP contribution < -0.4 is 14.4 Å². The average Bonchev–Trinajstić information content (AvgIpc) is 3.05. The largest absolute Gasteiger partial charge is 0.497 e. The number of nitrogens with one attached hydrogen (secondary N) is 1. The third kappa shape index (κ3) is 8.95. The number of carbonyl (C=O) groups is 2. The summed E-state index contributed by atoms with van der Waals surface area (Å²) in [6.45, 7) is 3.90. The Morgan fingerprint density at radius 3 is 2.11 bits per heavy atom. The Hall–Kier alpha value is -4.15. The third-order valence-electron chi connectivity index (χ3n) is 7.33. The second kappa shape index (κ2) is 15.7. The van der Waals surface area contributed by atoms with Crippen LogP contribution in [0.4, 0.5) is 5.69 Å². The molecule has 0 aliphatic carbocycles. The number of aryl methyl sites for hydroxylation is 1. The van der Waals surface area contributed by atoms with E-state index in [1.165, 1.54) is 24.1 Å². The van der Waals surface area contributed by atoms with Crippen LogP contribution >= 0.6 is 15.9 Å². The molecule has 0 bridgehead atoms. The summed E-state index contributed by atoms with van der Waals surface area (Å²) in [5, 5.41) is 2.96. The molecule has 236 valence electrons. The number of benzene rings is 4. The van der Waals surface area contributed by atoms with Crippen molar-refractivity contribution in [2.75, 3.05) is 24.5 Å². The van der Waals surface area contributed by atoms with Gasteiger partial charge in [-0.25, -0.2) is 8.42 Å². The van der Waals surface area contributed by atoms with Gasteiger partial charge in [-0.2, -0.15) is 0 Å². The zero-order valence-corrected chi connectivity index (χ0v) is 28.1. The summed E-state index contributed by atoms with van der Waals surface area (Å²) >= 11 is 3.46. The van der Waals surface area contributed by atoms with Crippen LogP contribution in [0.3, 0.4) is 0 Å². The molecule has 4 aromatic rings. The van der Waals surface area contributed by atoms with Crippen LogP contribution in [0.25, 0.3) is 0 Å². The minimum Gasteiger partial charge on any atom is -0.497 e. The molecule has 45 heavy (non-hydrogen) atoms. The Balaban J connectivity index is 1.78. The highest BCUT2D eigenvalue weighted by molar-refractivity contribution is 9.10. The summed E-state index contributed by atoms with van der Waals surface area (Å²) in [4.78, 5) is 29.7. The molecule has 8 nitrogen and oxygen atoms in total. The predicted molar refractivity (Wildman–Crippen MR) is 181 cm³/mol. The minimum absolute atomic E-state index is 0.0117. The fourth-order valence-corrected chi connectivity index (χ4v) is 6.50. The summed E-state index contributed by atoms with van der Waals surface area (Å²) in [6, 6.07) is 29.1. The number of carbonyl (C=O) groups excluding carboxylic acids is 2. The molecule has 0 aliphatic heterocycles.